The first-order valence-electron chi connectivity index (χ1n) is 32.0. The van der Waals surface area contributed by atoms with Crippen molar-refractivity contribution in [3.63, 3.8) is 0 Å². The number of β-amino-alcohol motifs (C(OH)–C–C–N with tert-alkyl or cyclic N) is 1. The van der Waals surface area contributed by atoms with E-state index in [1.807, 2.05) is 0 Å². The monoisotopic (exact) mass is 1440 g/mol. The number of amides is 10. The minimum atomic E-state index is -1.99. The Morgan fingerprint density at radius 3 is 1.61 bits per heavy atom. The molecule has 542 valence electrons. The van der Waals surface area contributed by atoms with Gasteiger partial charge in [-0.2, -0.15) is 25.3 Å². The number of aliphatic hydroxyl groups is 1. The molecule has 2 aromatic carbocycles. The number of carbonyl (C=O) groups is 12. The van der Waals surface area contributed by atoms with Crippen LogP contribution in [0.4, 0.5) is 0 Å². The number of rotatable bonds is 39. The third kappa shape index (κ3) is 25.1. The number of aromatic nitrogens is 4. The zero-order valence-electron chi connectivity index (χ0n) is 55.8. The predicted octanol–water partition coefficient (Wildman–Crippen LogP) is -1.02. The number of hydrogen-bond donors (Lipinski definition) is 18. The van der Waals surface area contributed by atoms with Gasteiger partial charge in [0.1, 0.15) is 71.9 Å². The van der Waals surface area contributed by atoms with E-state index in [1.54, 1.807) is 65.8 Å². The van der Waals surface area contributed by atoms with Crippen molar-refractivity contribution in [3.8, 4) is 11.5 Å². The first-order chi connectivity index (χ1) is 46.8. The van der Waals surface area contributed by atoms with E-state index in [0.29, 0.717) is 29.1 Å². The van der Waals surface area contributed by atoms with Crippen molar-refractivity contribution in [1.29, 1.82) is 0 Å². The van der Waals surface area contributed by atoms with Crippen LogP contribution >= 0.6 is 36.9 Å². The maximum atomic E-state index is 14.6. The molecule has 0 spiro atoms. The summed E-state index contributed by atoms with van der Waals surface area (Å²) in [6.07, 6.45) is 2.24. The van der Waals surface area contributed by atoms with E-state index >= 15 is 0 Å². The number of ether oxygens (including phenoxy) is 1. The Balaban J connectivity index is 1.34. The number of hydrogen-bond acceptors (Lipinski definition) is 20. The fraction of sp³-hybridized carbons (Fsp3) is 0.531. The van der Waals surface area contributed by atoms with Crippen LogP contribution in [0.15, 0.2) is 67.5 Å². The van der Waals surface area contributed by atoms with Crippen LogP contribution in [0.2, 0.25) is 5.02 Å². The highest BCUT2D eigenvalue weighted by Crippen LogP contribution is 2.26. The van der Waals surface area contributed by atoms with E-state index in [1.165, 1.54) is 50.4 Å². The van der Waals surface area contributed by atoms with Crippen molar-refractivity contribution in [3.05, 3.63) is 95.1 Å². The van der Waals surface area contributed by atoms with Gasteiger partial charge in [0.15, 0.2) is 0 Å². The second-order valence-corrected chi connectivity index (χ2v) is 26.2. The van der Waals surface area contributed by atoms with Crippen LogP contribution < -0.4 is 58.3 Å². The smallest absolute Gasteiger partial charge is 0.326 e. The van der Waals surface area contributed by atoms with Gasteiger partial charge in [0.05, 0.1) is 43.4 Å². The maximum absolute atomic E-state index is 14.6. The van der Waals surface area contributed by atoms with E-state index in [2.05, 4.69) is 93.0 Å². The third-order valence-corrected chi connectivity index (χ3v) is 17.2. The number of benzene rings is 2. The van der Waals surface area contributed by atoms with Crippen LogP contribution in [0.3, 0.4) is 0 Å². The summed E-state index contributed by atoms with van der Waals surface area (Å²) in [6, 6.07) is -5.69. The number of nitrogens with one attached hydrogen (secondary N) is 11. The first kappa shape index (κ1) is 80.7. The van der Waals surface area contributed by atoms with Gasteiger partial charge in [0, 0.05) is 67.5 Å². The van der Waals surface area contributed by atoms with Gasteiger partial charge in [-0.1, -0.05) is 77.8 Å². The minimum absolute atomic E-state index is 0.0776. The average Bonchev–Trinajstić information content (AvgIpc) is 1.72. The molecule has 5 rings (SSSR count). The number of thiol groups is 2. The highest BCUT2D eigenvalue weighted by Gasteiger charge is 2.44. The van der Waals surface area contributed by atoms with Gasteiger partial charge in [-0.15, -0.1) is 0 Å². The second-order valence-electron chi connectivity index (χ2n) is 25.0. The standard InChI is InChI=1S/C64H90ClN15O17S2/c1-8-33(6)53(62(93)76-47(64(95)96)16-32(4)5)79-59(90)45(21-37-25-68-30-70-37)73-60(91)48(27-98)77-55(86)42(15-31(2)3)72-58(89)46(23-52(83)84)74-56(87)43(19-35-11-14-51(82)40(65)17-35)75-61(92)50-22-38(81)26-80(50)63(94)49(28-99)78-57(88)44(20-36-24-67-29-69-36)71-54(85)41(66)18-34-9-12-39(97-7)13-10-34/h9-14,17,24-25,29-33,38,41-50,53,81-82,98-99H,8,15-16,18-23,26-28,66H2,1-7H3,(H,67,69)(H,68,70)(H,71,85)(H,72,89)(H,73,91)(H,74,87)(H,75,92)(H,76,93)(H,77,86)(H,78,88)(H,79,90)(H,83,84)(H,95,96)/t33-,38+,41-,42-,43-,44-,45-,46-,47-,48-,49-,50-,53-/m0/s1. The Hall–Kier alpha value is -8.99. The molecule has 13 atom stereocenters. The lowest BCUT2D eigenvalue weighted by atomic mass is 9.96. The van der Waals surface area contributed by atoms with Gasteiger partial charge < -0.3 is 93.6 Å². The van der Waals surface area contributed by atoms with Crippen LogP contribution in [0, 0.1) is 17.8 Å². The second kappa shape index (κ2) is 39.0. The van der Waals surface area contributed by atoms with Crippen molar-refractivity contribution in [2.24, 2.45) is 23.5 Å². The number of carboxylic acid groups (broad SMARTS) is 2. The summed E-state index contributed by atoms with van der Waals surface area (Å²) in [6.45, 7) is 9.91. The van der Waals surface area contributed by atoms with E-state index < -0.39 is 181 Å². The number of aromatic hydroxyl groups is 1. The average molecular weight is 1440 g/mol. The van der Waals surface area contributed by atoms with Crippen LogP contribution in [0.1, 0.15) is 96.2 Å². The van der Waals surface area contributed by atoms with E-state index in [-0.39, 0.29) is 66.0 Å². The lowest BCUT2D eigenvalue weighted by molar-refractivity contribution is -0.143. The highest BCUT2D eigenvalue weighted by atomic mass is 35.5. The van der Waals surface area contributed by atoms with Crippen LogP contribution in [0.5, 0.6) is 11.5 Å². The van der Waals surface area contributed by atoms with E-state index in [4.69, 9.17) is 22.1 Å². The number of likely N-dealkylation sites (tertiary alicyclic amines) is 1. The molecular weight excluding hydrogens is 1350 g/mol. The molecule has 1 aliphatic rings. The molecule has 0 aliphatic carbocycles. The van der Waals surface area contributed by atoms with Gasteiger partial charge in [-0.3, -0.25) is 52.7 Å². The molecule has 1 fully saturated rings. The molecule has 10 amide bonds. The number of imidazole rings is 2. The van der Waals surface area contributed by atoms with E-state index in [9.17, 15) is 78.0 Å². The normalized spacial score (nSPS) is 16.9. The number of aromatic amines is 2. The molecule has 32 nitrogen and oxygen atoms in total. The number of H-pyrrole nitrogens is 2. The van der Waals surface area contributed by atoms with Gasteiger partial charge in [-0.05, 0) is 72.4 Å². The lowest BCUT2D eigenvalue weighted by Crippen LogP contribution is -2.61. The van der Waals surface area contributed by atoms with Gasteiger partial charge in [0.25, 0.3) is 0 Å². The topological polar surface area (TPSA) is 490 Å². The Kier molecular flexibility index (Phi) is 31.8. The molecule has 1 saturated heterocycles. The van der Waals surface area contributed by atoms with Crippen molar-refractivity contribution >= 4 is 108 Å². The fourth-order valence-corrected chi connectivity index (χ4v) is 11.4. The molecule has 99 heavy (non-hydrogen) atoms. The van der Waals surface area contributed by atoms with Crippen molar-refractivity contribution < 1.29 is 82.7 Å². The Bertz CT molecular complexity index is 3430. The molecule has 3 heterocycles. The molecule has 0 unspecified atom stereocenters. The molecule has 0 bridgehead atoms. The number of aliphatic carboxylic acids is 2. The van der Waals surface area contributed by atoms with E-state index in [0.717, 1.165) is 4.90 Å². The summed E-state index contributed by atoms with van der Waals surface area (Å²) >= 11 is 14.9. The summed E-state index contributed by atoms with van der Waals surface area (Å²) in [5.41, 5.74) is 7.99. The number of aliphatic hydroxyl groups excluding tert-OH is 1. The highest BCUT2D eigenvalue weighted by molar-refractivity contribution is 7.80. The van der Waals surface area contributed by atoms with Crippen molar-refractivity contribution in [2.75, 3.05) is 25.2 Å². The number of carboxylic acids is 2. The molecule has 35 heteroatoms. The third-order valence-electron chi connectivity index (χ3n) is 16.2. The largest absolute Gasteiger partial charge is 0.506 e. The maximum Gasteiger partial charge on any atom is 0.326 e. The van der Waals surface area contributed by atoms with Crippen LogP contribution in [-0.2, 0) is 83.2 Å². The summed E-state index contributed by atoms with van der Waals surface area (Å²) in [5, 5.41) is 63.9. The van der Waals surface area contributed by atoms with Crippen LogP contribution in [0.25, 0.3) is 0 Å². The summed E-state index contributed by atoms with van der Waals surface area (Å²) in [4.78, 5) is 181. The number of methoxy groups -OCH3 is 1. The Morgan fingerprint density at radius 1 is 0.616 bits per heavy atom. The van der Waals surface area contributed by atoms with Crippen molar-refractivity contribution in [2.45, 2.75) is 172 Å². The number of carbonyl (C=O) groups excluding carboxylic acids is 10. The Labute approximate surface area is 587 Å². The number of halogens is 1. The molecule has 1 aliphatic heterocycles. The molecular formula is C64H90ClN15O17S2. The number of phenolic OH excluding ortho intramolecular Hbond substituents is 1. The molecule has 0 radical (unpaired) electrons. The fourth-order valence-electron chi connectivity index (χ4n) is 10.7. The Morgan fingerprint density at radius 2 is 1.09 bits per heavy atom. The summed E-state index contributed by atoms with van der Waals surface area (Å²) in [5.74, 6) is -13.9. The zero-order chi connectivity index (χ0) is 73.4. The summed E-state index contributed by atoms with van der Waals surface area (Å²) < 4.78 is 5.20. The molecule has 17 N–H and O–H groups in total. The predicted molar refractivity (Wildman–Crippen MR) is 366 cm³/mol. The molecule has 0 saturated carbocycles. The lowest BCUT2D eigenvalue weighted by Gasteiger charge is -2.30. The van der Waals surface area contributed by atoms with Gasteiger partial charge in [-0.25, -0.2) is 14.8 Å². The zero-order valence-corrected chi connectivity index (χ0v) is 58.3. The number of nitrogens with two attached hydrogens (primary N) is 1. The molecule has 2 aromatic heterocycles. The summed E-state index contributed by atoms with van der Waals surface area (Å²) in [7, 11) is 1.50. The minimum Gasteiger partial charge on any atom is -0.506 e. The SMILES string of the molecule is CC[C@H](C)[C@H](NC(=O)[C@H](Cc1cnc[nH]1)NC(=O)[C@H](CS)NC(=O)[C@H](CC(C)C)NC(=O)[C@H](CC(=O)O)NC(=O)[C@H](Cc1ccc(O)c(Cl)c1)NC(=O)[C@@H]1C[C@@H](O)CN1C(=O)[C@H](CS)NC(=O)[C@H](Cc1cnc[nH]1)NC(=O)[C@@H](N)Cc1ccc(OC)cc1)C(=O)N[C@@H](CC(C)C)C(=O)O. The number of nitrogens with zero attached hydrogens (tertiary/aromatic N) is 3. The van der Waals surface area contributed by atoms with Crippen molar-refractivity contribution in [1.82, 2.24) is 72.7 Å². The van der Waals surface area contributed by atoms with Gasteiger partial charge >= 0.3 is 11.9 Å². The number of phenols is 1. The first-order valence-corrected chi connectivity index (χ1v) is 33.7. The molecule has 4 aromatic rings. The van der Waals surface area contributed by atoms with Gasteiger partial charge in [0.2, 0.25) is 59.1 Å². The quantitative estimate of drug-likeness (QED) is 0.0238. The van der Waals surface area contributed by atoms with Crippen LogP contribution in [-0.4, -0.2) is 214 Å².